The monoisotopic (exact) mass is 182 g/mol. The van der Waals surface area contributed by atoms with Gasteiger partial charge in [0.25, 0.3) is 0 Å². The van der Waals surface area contributed by atoms with Crippen molar-refractivity contribution in [1.29, 1.82) is 0 Å². The van der Waals surface area contributed by atoms with Gasteiger partial charge >= 0.3 is 0 Å². The van der Waals surface area contributed by atoms with Crippen LogP contribution in [0.25, 0.3) is 0 Å². The van der Waals surface area contributed by atoms with Gasteiger partial charge in [0.2, 0.25) is 0 Å². The van der Waals surface area contributed by atoms with E-state index in [0.29, 0.717) is 17.3 Å². The van der Waals surface area contributed by atoms with Crippen molar-refractivity contribution >= 4 is 17.3 Å². The highest BCUT2D eigenvalue weighted by molar-refractivity contribution is 5.73. The molecule has 1 aromatic rings. The Morgan fingerprint density at radius 1 is 1.31 bits per heavy atom. The van der Waals surface area contributed by atoms with Gasteiger partial charge in [-0.2, -0.15) is 0 Å². The molecule has 72 valence electrons. The minimum absolute atomic E-state index is 0.513. The fourth-order valence-electron chi connectivity index (χ4n) is 0.896. The number of anilines is 3. The zero-order chi connectivity index (χ0) is 9.84. The highest BCUT2D eigenvalue weighted by Gasteiger charge is 2.05. The summed E-state index contributed by atoms with van der Waals surface area (Å²) < 4.78 is 0. The molecule has 1 rings (SSSR count). The average Bonchev–Trinajstić information content (AvgIpc) is 2.08. The van der Waals surface area contributed by atoms with E-state index >= 15 is 0 Å². The third-order valence-corrected chi connectivity index (χ3v) is 1.45. The third kappa shape index (κ3) is 2.19. The number of nitrogen functional groups attached to an aromatic ring is 1. The van der Waals surface area contributed by atoms with E-state index in [1.165, 1.54) is 6.33 Å². The van der Waals surface area contributed by atoms with Crippen LogP contribution < -0.4 is 16.5 Å². The van der Waals surface area contributed by atoms with Crippen LogP contribution in [-0.2, 0) is 0 Å². The molecule has 0 fully saturated rings. The first-order valence-corrected chi connectivity index (χ1v) is 3.87. The fourth-order valence-corrected chi connectivity index (χ4v) is 0.896. The zero-order valence-electron chi connectivity index (χ0n) is 8.00. The van der Waals surface area contributed by atoms with Gasteiger partial charge in [-0.05, 0) is 0 Å². The fraction of sp³-hybridized carbons (Fsp3) is 0.429. The molecule has 0 bridgehead atoms. The van der Waals surface area contributed by atoms with Crippen molar-refractivity contribution in [1.82, 2.24) is 15.0 Å². The lowest BCUT2D eigenvalue weighted by Gasteiger charge is -2.15. The summed E-state index contributed by atoms with van der Waals surface area (Å²) in [6.07, 6.45) is 1.45. The summed E-state index contributed by atoms with van der Waals surface area (Å²) in [6, 6.07) is 0. The van der Waals surface area contributed by atoms with Crippen molar-refractivity contribution < 1.29 is 0 Å². The summed E-state index contributed by atoms with van der Waals surface area (Å²) in [7, 11) is 5.49. The number of nitrogens with two attached hydrogens (primary N) is 1. The number of hydrazine groups is 1. The molecule has 6 nitrogen and oxygen atoms in total. The largest absolute Gasteiger partial charge is 0.393 e. The first kappa shape index (κ1) is 9.53. The van der Waals surface area contributed by atoms with E-state index in [9.17, 15) is 0 Å². The Hall–Kier alpha value is -1.56. The number of nitrogens with zero attached hydrogens (tertiary/aromatic N) is 3. The SMILES string of the molecule is CNc1ncnc(NN(C)C)c1N. The minimum atomic E-state index is 0.513. The number of rotatable bonds is 3. The smallest absolute Gasteiger partial charge is 0.169 e. The predicted octanol–water partition coefficient (Wildman–Crippen LogP) is -0.0110. The van der Waals surface area contributed by atoms with Crippen LogP contribution in [0.4, 0.5) is 17.3 Å². The van der Waals surface area contributed by atoms with Crippen LogP contribution in [0.15, 0.2) is 6.33 Å². The van der Waals surface area contributed by atoms with Crippen molar-refractivity contribution in [3.63, 3.8) is 0 Å². The topological polar surface area (TPSA) is 79.1 Å². The van der Waals surface area contributed by atoms with Gasteiger partial charge in [0.15, 0.2) is 11.6 Å². The minimum Gasteiger partial charge on any atom is -0.393 e. The lowest BCUT2D eigenvalue weighted by atomic mass is 10.4. The van der Waals surface area contributed by atoms with Crippen molar-refractivity contribution in [2.24, 2.45) is 0 Å². The highest BCUT2D eigenvalue weighted by Crippen LogP contribution is 2.21. The second-order valence-corrected chi connectivity index (χ2v) is 2.74. The average molecular weight is 182 g/mol. The van der Waals surface area contributed by atoms with Gasteiger partial charge in [-0.3, -0.25) is 0 Å². The zero-order valence-corrected chi connectivity index (χ0v) is 8.00. The first-order chi connectivity index (χ1) is 6.15. The molecule has 0 aromatic carbocycles. The van der Waals surface area contributed by atoms with Crippen LogP contribution in [0.2, 0.25) is 0 Å². The lowest BCUT2D eigenvalue weighted by Crippen LogP contribution is -2.21. The first-order valence-electron chi connectivity index (χ1n) is 3.87. The van der Waals surface area contributed by atoms with Crippen molar-refractivity contribution in [3.05, 3.63) is 6.33 Å². The van der Waals surface area contributed by atoms with E-state index in [1.807, 2.05) is 14.1 Å². The molecule has 0 aliphatic heterocycles. The molecule has 1 heterocycles. The quantitative estimate of drug-likeness (QED) is 0.570. The molecular weight excluding hydrogens is 168 g/mol. The predicted molar refractivity (Wildman–Crippen MR) is 53.3 cm³/mol. The Morgan fingerprint density at radius 3 is 2.46 bits per heavy atom. The van der Waals surface area contributed by atoms with Crippen LogP contribution in [0.5, 0.6) is 0 Å². The summed E-state index contributed by atoms with van der Waals surface area (Å²) >= 11 is 0. The van der Waals surface area contributed by atoms with Crippen LogP contribution >= 0.6 is 0 Å². The highest BCUT2D eigenvalue weighted by atomic mass is 15.5. The second-order valence-electron chi connectivity index (χ2n) is 2.74. The summed E-state index contributed by atoms with van der Waals surface area (Å²) in [6.45, 7) is 0. The van der Waals surface area contributed by atoms with Gasteiger partial charge in [-0.25, -0.2) is 15.0 Å². The van der Waals surface area contributed by atoms with Gasteiger partial charge < -0.3 is 16.5 Å². The molecule has 4 N–H and O–H groups in total. The Labute approximate surface area is 77.1 Å². The lowest BCUT2D eigenvalue weighted by molar-refractivity contribution is 0.492. The molecular formula is C7H14N6. The van der Waals surface area contributed by atoms with E-state index in [-0.39, 0.29) is 0 Å². The van der Waals surface area contributed by atoms with Crippen LogP contribution in [0.3, 0.4) is 0 Å². The summed E-state index contributed by atoms with van der Waals surface area (Å²) in [5, 5.41) is 4.64. The summed E-state index contributed by atoms with van der Waals surface area (Å²) in [4.78, 5) is 7.96. The third-order valence-electron chi connectivity index (χ3n) is 1.45. The number of nitrogens with one attached hydrogen (secondary N) is 2. The molecule has 0 spiro atoms. The van der Waals surface area contributed by atoms with Gasteiger partial charge in [0.1, 0.15) is 12.0 Å². The standard InChI is InChI=1S/C7H14N6/c1-9-6-5(8)7(11-4-10-6)12-13(2)3/h4H,8H2,1-3H3,(H2,9,10,11,12). The van der Waals surface area contributed by atoms with Gasteiger partial charge in [-0.15, -0.1) is 0 Å². The molecule has 0 radical (unpaired) electrons. The van der Waals surface area contributed by atoms with Crippen molar-refractivity contribution in [2.75, 3.05) is 37.6 Å². The molecule has 0 amide bonds. The number of hydrogen-bond acceptors (Lipinski definition) is 6. The van der Waals surface area contributed by atoms with Crippen LogP contribution in [0, 0.1) is 0 Å². The molecule has 0 atom stereocenters. The Morgan fingerprint density at radius 2 is 1.92 bits per heavy atom. The normalized spacial score (nSPS) is 10.2. The van der Waals surface area contributed by atoms with E-state index in [4.69, 9.17) is 5.73 Å². The molecule has 0 aliphatic carbocycles. The maximum atomic E-state index is 5.77. The Bertz CT molecular complexity index is 284. The van der Waals surface area contributed by atoms with Crippen LogP contribution in [-0.4, -0.2) is 36.1 Å². The molecule has 0 saturated carbocycles. The van der Waals surface area contributed by atoms with Crippen molar-refractivity contribution in [2.45, 2.75) is 0 Å². The van der Waals surface area contributed by atoms with Gasteiger partial charge in [-0.1, -0.05) is 0 Å². The molecule has 13 heavy (non-hydrogen) atoms. The van der Waals surface area contributed by atoms with E-state index < -0.39 is 0 Å². The number of hydrogen-bond donors (Lipinski definition) is 3. The van der Waals surface area contributed by atoms with Gasteiger partial charge in [0.05, 0.1) is 0 Å². The molecule has 6 heteroatoms. The van der Waals surface area contributed by atoms with Crippen molar-refractivity contribution in [3.8, 4) is 0 Å². The van der Waals surface area contributed by atoms with Crippen LogP contribution in [0.1, 0.15) is 0 Å². The number of aromatic nitrogens is 2. The van der Waals surface area contributed by atoms with Gasteiger partial charge in [0, 0.05) is 21.1 Å². The maximum absolute atomic E-state index is 5.77. The Balaban J connectivity index is 2.94. The van der Waals surface area contributed by atoms with E-state index in [0.717, 1.165) is 0 Å². The molecule has 1 aromatic heterocycles. The molecule has 0 aliphatic rings. The summed E-state index contributed by atoms with van der Waals surface area (Å²) in [5.74, 6) is 1.23. The molecule has 0 unspecified atom stereocenters. The molecule has 0 saturated heterocycles. The maximum Gasteiger partial charge on any atom is 0.169 e. The Kier molecular flexibility index (Phi) is 2.86. The second kappa shape index (κ2) is 3.90. The van der Waals surface area contributed by atoms with E-state index in [1.54, 1.807) is 12.1 Å². The van der Waals surface area contributed by atoms with E-state index in [2.05, 4.69) is 20.7 Å². The summed E-state index contributed by atoms with van der Waals surface area (Å²) in [5.41, 5.74) is 9.24.